The van der Waals surface area contributed by atoms with Crippen molar-refractivity contribution in [2.24, 2.45) is 0 Å². The van der Waals surface area contributed by atoms with Gasteiger partial charge in [-0.1, -0.05) is 48.4 Å². The van der Waals surface area contributed by atoms with Gasteiger partial charge in [-0.25, -0.2) is 0 Å². The maximum atomic E-state index is 12.8. The van der Waals surface area contributed by atoms with Crippen LogP contribution in [0.4, 0.5) is 0 Å². The third kappa shape index (κ3) is 4.42. The van der Waals surface area contributed by atoms with Gasteiger partial charge in [-0.3, -0.25) is 14.5 Å². The number of benzene rings is 2. The number of nitrogens with one attached hydrogen (secondary N) is 1. The zero-order chi connectivity index (χ0) is 21.1. The van der Waals surface area contributed by atoms with Gasteiger partial charge in [-0.05, 0) is 56.1 Å². The van der Waals surface area contributed by atoms with Gasteiger partial charge in [0, 0.05) is 17.6 Å². The van der Waals surface area contributed by atoms with Crippen LogP contribution in [0, 0.1) is 6.92 Å². The van der Waals surface area contributed by atoms with Crippen molar-refractivity contribution in [3.8, 4) is 0 Å². The largest absolute Gasteiger partial charge is 0.451 e. The monoisotopic (exact) mass is 424 g/mol. The number of amides is 1. The first-order valence-electron chi connectivity index (χ1n) is 10.3. The van der Waals surface area contributed by atoms with Crippen molar-refractivity contribution >= 4 is 28.5 Å². The zero-order valence-electron chi connectivity index (χ0n) is 17.0. The van der Waals surface area contributed by atoms with Crippen LogP contribution in [0.3, 0.4) is 0 Å². The number of aryl methyl sites for hydroxylation is 1. The highest BCUT2D eigenvalue weighted by atomic mass is 35.5. The van der Waals surface area contributed by atoms with Gasteiger partial charge >= 0.3 is 0 Å². The molecule has 0 spiro atoms. The molecule has 0 radical (unpaired) electrons. The number of likely N-dealkylation sites (tertiary alicyclic amines) is 1. The molecule has 1 aliphatic heterocycles. The van der Waals surface area contributed by atoms with Gasteiger partial charge in [0.2, 0.25) is 0 Å². The second kappa shape index (κ2) is 9.02. The van der Waals surface area contributed by atoms with E-state index in [9.17, 15) is 9.59 Å². The van der Waals surface area contributed by atoms with E-state index >= 15 is 0 Å². The van der Waals surface area contributed by atoms with Crippen molar-refractivity contribution in [1.29, 1.82) is 0 Å². The first-order valence-corrected chi connectivity index (χ1v) is 10.7. The van der Waals surface area contributed by atoms with Crippen molar-refractivity contribution < 1.29 is 9.21 Å². The second-order valence-corrected chi connectivity index (χ2v) is 8.21. The Kier molecular flexibility index (Phi) is 6.21. The third-order valence-electron chi connectivity index (χ3n) is 5.70. The molecule has 1 aromatic heterocycles. The Labute approximate surface area is 180 Å². The SMILES string of the molecule is Cc1cc2oc(C(=O)NC[C@@H](c3ccccc3)N3CCCCC3)cc(=O)c2cc1Cl. The molecule has 6 heteroatoms. The van der Waals surface area contributed by atoms with Crippen molar-refractivity contribution in [1.82, 2.24) is 10.2 Å². The number of hydrogen-bond donors (Lipinski definition) is 1. The summed E-state index contributed by atoms with van der Waals surface area (Å²) < 4.78 is 5.74. The normalized spacial score (nSPS) is 15.8. The quantitative estimate of drug-likeness (QED) is 0.644. The van der Waals surface area contributed by atoms with E-state index in [4.69, 9.17) is 16.0 Å². The lowest BCUT2D eigenvalue weighted by Gasteiger charge is -2.35. The maximum absolute atomic E-state index is 12.8. The molecule has 0 saturated carbocycles. The third-order valence-corrected chi connectivity index (χ3v) is 6.11. The molecule has 1 amide bonds. The fourth-order valence-corrected chi connectivity index (χ4v) is 4.19. The van der Waals surface area contributed by atoms with Gasteiger partial charge < -0.3 is 9.73 Å². The minimum absolute atomic E-state index is 0.0136. The number of carbonyl (C=O) groups is 1. The molecule has 0 bridgehead atoms. The lowest BCUT2D eigenvalue weighted by Crippen LogP contribution is -2.40. The number of fused-ring (bicyclic) bond motifs is 1. The molecule has 1 N–H and O–H groups in total. The Morgan fingerprint density at radius 2 is 1.87 bits per heavy atom. The predicted molar refractivity (Wildman–Crippen MR) is 119 cm³/mol. The first kappa shape index (κ1) is 20.6. The van der Waals surface area contributed by atoms with Crippen LogP contribution in [0.15, 0.2) is 57.7 Å². The highest BCUT2D eigenvalue weighted by molar-refractivity contribution is 6.32. The highest BCUT2D eigenvalue weighted by Gasteiger charge is 2.23. The number of hydrogen-bond acceptors (Lipinski definition) is 4. The molecule has 1 saturated heterocycles. The fourth-order valence-electron chi connectivity index (χ4n) is 4.03. The van der Waals surface area contributed by atoms with Gasteiger partial charge in [0.05, 0.1) is 11.4 Å². The Balaban J connectivity index is 1.56. The van der Waals surface area contributed by atoms with Crippen LogP contribution in [-0.2, 0) is 0 Å². The van der Waals surface area contributed by atoms with E-state index in [1.54, 1.807) is 12.1 Å². The van der Waals surface area contributed by atoms with Crippen LogP contribution in [0.25, 0.3) is 11.0 Å². The van der Waals surface area contributed by atoms with Crippen LogP contribution >= 0.6 is 11.6 Å². The number of rotatable bonds is 5. The molecule has 4 rings (SSSR count). The van der Waals surface area contributed by atoms with E-state index in [0.717, 1.165) is 18.7 Å². The van der Waals surface area contributed by atoms with Crippen LogP contribution in [0.1, 0.15) is 47.0 Å². The Morgan fingerprint density at radius 1 is 1.13 bits per heavy atom. The Morgan fingerprint density at radius 3 is 2.60 bits per heavy atom. The molecule has 0 aliphatic carbocycles. The molecule has 1 fully saturated rings. The van der Waals surface area contributed by atoms with E-state index in [1.165, 1.54) is 30.9 Å². The molecular formula is C24H25ClN2O3. The number of nitrogens with zero attached hydrogens (tertiary/aromatic N) is 1. The highest BCUT2D eigenvalue weighted by Crippen LogP contribution is 2.25. The standard InChI is InChI=1S/C24H25ClN2O3/c1-16-12-22-18(13-19(16)25)21(28)14-23(30-22)24(29)26-15-20(17-8-4-2-5-9-17)27-10-6-3-7-11-27/h2,4-5,8-9,12-14,20H,3,6-7,10-11,15H2,1H3,(H,26,29)/t20-/m0/s1. The molecule has 3 aromatic rings. The summed E-state index contributed by atoms with van der Waals surface area (Å²) >= 11 is 6.11. The molecule has 156 valence electrons. The summed E-state index contributed by atoms with van der Waals surface area (Å²) in [6.45, 7) is 4.31. The van der Waals surface area contributed by atoms with Crippen LogP contribution in [-0.4, -0.2) is 30.4 Å². The summed E-state index contributed by atoms with van der Waals surface area (Å²) in [4.78, 5) is 27.7. The summed E-state index contributed by atoms with van der Waals surface area (Å²) in [7, 11) is 0. The average Bonchev–Trinajstić information content (AvgIpc) is 2.76. The average molecular weight is 425 g/mol. The minimum Gasteiger partial charge on any atom is -0.451 e. The van der Waals surface area contributed by atoms with Crippen LogP contribution < -0.4 is 10.7 Å². The molecule has 2 aromatic carbocycles. The summed E-state index contributed by atoms with van der Waals surface area (Å²) in [6, 6.07) is 14.8. The van der Waals surface area contributed by atoms with Crippen LogP contribution in [0.5, 0.6) is 0 Å². The number of carbonyl (C=O) groups excluding carboxylic acids is 1. The van der Waals surface area contributed by atoms with Crippen molar-refractivity contribution in [3.05, 3.63) is 80.7 Å². The Bertz CT molecular complexity index is 1100. The second-order valence-electron chi connectivity index (χ2n) is 7.81. The number of piperidine rings is 1. The minimum atomic E-state index is -0.389. The van der Waals surface area contributed by atoms with E-state index < -0.39 is 0 Å². The first-order chi connectivity index (χ1) is 14.5. The molecule has 1 atom stereocenters. The summed E-state index contributed by atoms with van der Waals surface area (Å²) in [6.07, 6.45) is 3.58. The molecule has 0 unspecified atom stereocenters. The van der Waals surface area contributed by atoms with E-state index in [0.29, 0.717) is 22.5 Å². The molecule has 5 nitrogen and oxygen atoms in total. The number of halogens is 1. The van der Waals surface area contributed by atoms with Crippen molar-refractivity contribution in [3.63, 3.8) is 0 Å². The van der Waals surface area contributed by atoms with Gasteiger partial charge in [-0.15, -0.1) is 0 Å². The van der Waals surface area contributed by atoms with Crippen molar-refractivity contribution in [2.45, 2.75) is 32.2 Å². The van der Waals surface area contributed by atoms with Gasteiger partial charge in [0.25, 0.3) is 5.91 Å². The van der Waals surface area contributed by atoms with Crippen molar-refractivity contribution in [2.75, 3.05) is 19.6 Å². The van der Waals surface area contributed by atoms with Gasteiger partial charge in [0.1, 0.15) is 5.58 Å². The molecular weight excluding hydrogens is 400 g/mol. The predicted octanol–water partition coefficient (Wildman–Crippen LogP) is 4.71. The molecule has 2 heterocycles. The maximum Gasteiger partial charge on any atom is 0.287 e. The summed E-state index contributed by atoms with van der Waals surface area (Å²) in [5.74, 6) is -0.376. The molecule has 30 heavy (non-hydrogen) atoms. The van der Waals surface area contributed by atoms with Crippen LogP contribution in [0.2, 0.25) is 5.02 Å². The molecule has 1 aliphatic rings. The summed E-state index contributed by atoms with van der Waals surface area (Å²) in [5, 5.41) is 3.85. The fraction of sp³-hybridized carbons (Fsp3) is 0.333. The van der Waals surface area contributed by atoms with Gasteiger partial charge in [-0.2, -0.15) is 0 Å². The van der Waals surface area contributed by atoms with E-state index in [2.05, 4.69) is 22.3 Å². The lowest BCUT2D eigenvalue weighted by atomic mass is 10.0. The zero-order valence-corrected chi connectivity index (χ0v) is 17.7. The van der Waals surface area contributed by atoms with Gasteiger partial charge in [0.15, 0.2) is 11.2 Å². The topological polar surface area (TPSA) is 62.6 Å². The van der Waals surface area contributed by atoms with E-state index in [1.807, 2.05) is 25.1 Å². The smallest absolute Gasteiger partial charge is 0.287 e. The Hall–Kier alpha value is -2.63. The lowest BCUT2D eigenvalue weighted by molar-refractivity contribution is 0.0897. The van der Waals surface area contributed by atoms with E-state index in [-0.39, 0.29) is 23.1 Å². The summed E-state index contributed by atoms with van der Waals surface area (Å²) in [5.41, 5.74) is 2.05.